The number of phosphoric ester groups is 1. The van der Waals surface area contributed by atoms with Gasteiger partial charge in [0, 0.05) is 20.7 Å². The van der Waals surface area contributed by atoms with Crippen LogP contribution in [0.2, 0.25) is 0 Å². The number of phosphoric acid groups is 1. The highest BCUT2D eigenvalue weighted by molar-refractivity contribution is 7.45. The lowest BCUT2D eigenvalue weighted by molar-refractivity contribution is -0.223. The van der Waals surface area contributed by atoms with Crippen molar-refractivity contribution in [1.29, 1.82) is 0 Å². The minimum atomic E-state index is -4.27. The van der Waals surface area contributed by atoms with E-state index < -0.39 is 19.9 Å². The Morgan fingerprint density at radius 2 is 1.71 bits per heavy atom. The molecule has 34 heavy (non-hydrogen) atoms. The molecule has 0 aliphatic rings. The van der Waals surface area contributed by atoms with Crippen LogP contribution in [0.25, 0.3) is 0 Å². The molecule has 14 heteroatoms. The molecule has 1 rings (SSSR count). The number of carbonyl (C=O) groups is 3. The third kappa shape index (κ3) is 12.1. The average Bonchev–Trinajstić information content (AvgIpc) is 2.79. The molecule has 1 aromatic carbocycles. The molecule has 192 valence electrons. The zero-order chi connectivity index (χ0) is 25.6. The number of hydrogen-bond acceptors (Lipinski definition) is 11. The Morgan fingerprint density at radius 1 is 1.03 bits per heavy atom. The molecule has 0 aliphatic carbocycles. The van der Waals surface area contributed by atoms with Crippen molar-refractivity contribution in [3.05, 3.63) is 28.8 Å². The summed E-state index contributed by atoms with van der Waals surface area (Å²) in [6, 6.07) is 3.43. The van der Waals surface area contributed by atoms with E-state index in [4.69, 9.17) is 18.9 Å². The Kier molecular flexibility index (Phi) is 13.3. The number of likely N-dealkylation sites (N-methyl/N-ethyl adjacent to an activating group) is 1. The van der Waals surface area contributed by atoms with E-state index in [0.717, 1.165) is 7.11 Å². The normalized spacial score (nSPS) is 12.5. The van der Waals surface area contributed by atoms with Crippen LogP contribution in [0.5, 0.6) is 5.75 Å². The summed E-state index contributed by atoms with van der Waals surface area (Å²) in [6.45, 7) is 2.92. The van der Waals surface area contributed by atoms with Crippen LogP contribution in [0.3, 0.4) is 0 Å². The van der Waals surface area contributed by atoms with Crippen LogP contribution in [0.1, 0.15) is 16.7 Å². The molecule has 0 radical (unpaired) electrons. The second kappa shape index (κ2) is 15.4. The van der Waals surface area contributed by atoms with E-state index in [1.807, 2.05) is 0 Å². The fourth-order valence-corrected chi connectivity index (χ4v) is 2.92. The molecule has 0 aliphatic heterocycles. The van der Waals surface area contributed by atoms with Gasteiger partial charge in [-0.1, -0.05) is 0 Å². The molecule has 0 heterocycles. The summed E-state index contributed by atoms with van der Waals surface area (Å²) in [5.74, 6) is -0.638. The summed E-state index contributed by atoms with van der Waals surface area (Å²) in [7, 11) is -1.82. The monoisotopic (exact) mass is 505 g/mol. The van der Waals surface area contributed by atoms with Gasteiger partial charge < -0.3 is 43.5 Å². The van der Waals surface area contributed by atoms with Crippen molar-refractivity contribution in [2.24, 2.45) is 0 Å². The van der Waals surface area contributed by atoms with Gasteiger partial charge in [-0.2, -0.15) is 0 Å². The molecule has 0 bridgehead atoms. The van der Waals surface area contributed by atoms with Gasteiger partial charge in [0.25, 0.3) is 7.82 Å². The number of hydrogen-bond donors (Lipinski definition) is 2. The standard InChI is InChI=1S/C20H31N2O11P/c1-14-9-16(10-15(2)19(14)33-18(24)13-30-12-17(23)21-3)11-31-20(25)22-5-6-29-7-8-32-34(26,27)28-4/h9-10H,5-8,11-13H2,1-4H3,(H,21,23)(H,22,25)(H,26,27)/p-1. The lowest BCUT2D eigenvalue weighted by Crippen LogP contribution is -2.28. The van der Waals surface area contributed by atoms with E-state index in [-0.39, 0.29) is 52.1 Å². The second-order valence-corrected chi connectivity index (χ2v) is 8.29. The van der Waals surface area contributed by atoms with Gasteiger partial charge in [-0.25, -0.2) is 9.59 Å². The fourth-order valence-electron chi connectivity index (χ4n) is 2.51. The molecule has 0 spiro atoms. The Balaban J connectivity index is 2.34. The van der Waals surface area contributed by atoms with Gasteiger partial charge >= 0.3 is 12.1 Å². The number of aryl methyl sites for hydroxylation is 2. The highest BCUT2D eigenvalue weighted by Crippen LogP contribution is 2.36. The van der Waals surface area contributed by atoms with E-state index >= 15 is 0 Å². The largest absolute Gasteiger partial charge is 0.756 e. The van der Waals surface area contributed by atoms with Crippen molar-refractivity contribution in [2.45, 2.75) is 20.5 Å². The summed E-state index contributed by atoms with van der Waals surface area (Å²) in [6.07, 6.45) is -0.664. The van der Waals surface area contributed by atoms with Crippen molar-refractivity contribution >= 4 is 25.8 Å². The fraction of sp³-hybridized carbons (Fsp3) is 0.550. The van der Waals surface area contributed by atoms with E-state index in [9.17, 15) is 23.8 Å². The first-order valence-electron chi connectivity index (χ1n) is 10.2. The smallest absolute Gasteiger partial charge is 0.407 e. The maximum absolute atomic E-state index is 11.9. The summed E-state index contributed by atoms with van der Waals surface area (Å²) in [5, 5.41) is 4.86. The minimum Gasteiger partial charge on any atom is -0.756 e. The van der Waals surface area contributed by atoms with Crippen LogP contribution in [-0.2, 0) is 44.0 Å². The molecular weight excluding hydrogens is 475 g/mol. The van der Waals surface area contributed by atoms with E-state index in [1.165, 1.54) is 7.05 Å². The molecule has 0 saturated carbocycles. The third-order valence-electron chi connectivity index (χ3n) is 4.05. The Labute approximate surface area is 197 Å². The third-order valence-corrected chi connectivity index (χ3v) is 5.00. The molecule has 2 N–H and O–H groups in total. The van der Waals surface area contributed by atoms with Gasteiger partial charge in [-0.15, -0.1) is 0 Å². The van der Waals surface area contributed by atoms with Crippen LogP contribution in [0.15, 0.2) is 12.1 Å². The molecule has 0 saturated heterocycles. The zero-order valence-electron chi connectivity index (χ0n) is 19.5. The highest BCUT2D eigenvalue weighted by Gasteiger charge is 2.13. The van der Waals surface area contributed by atoms with Crippen molar-refractivity contribution in [3.63, 3.8) is 0 Å². The van der Waals surface area contributed by atoms with Gasteiger partial charge in [0.05, 0.1) is 19.8 Å². The summed E-state index contributed by atoms with van der Waals surface area (Å²) in [4.78, 5) is 45.8. The van der Waals surface area contributed by atoms with Gasteiger partial charge in [0.1, 0.15) is 25.6 Å². The number of alkyl carbamates (subject to hydrolysis) is 1. The van der Waals surface area contributed by atoms with Crippen molar-refractivity contribution in [1.82, 2.24) is 10.6 Å². The molecule has 13 nitrogen and oxygen atoms in total. The molecular formula is C20H30N2O11P-. The zero-order valence-corrected chi connectivity index (χ0v) is 20.4. The van der Waals surface area contributed by atoms with E-state index in [0.29, 0.717) is 22.4 Å². The quantitative estimate of drug-likeness (QED) is 0.146. The second-order valence-electron chi connectivity index (χ2n) is 6.78. The summed E-state index contributed by atoms with van der Waals surface area (Å²) < 4.78 is 40.1. The van der Waals surface area contributed by atoms with Gasteiger partial charge in [0.2, 0.25) is 5.91 Å². The van der Waals surface area contributed by atoms with E-state index in [2.05, 4.69) is 19.7 Å². The summed E-state index contributed by atoms with van der Waals surface area (Å²) >= 11 is 0. The van der Waals surface area contributed by atoms with Crippen molar-refractivity contribution < 1.29 is 51.8 Å². The number of nitrogens with one attached hydrogen (secondary N) is 2. The molecule has 1 atom stereocenters. The Hall–Kier alpha value is -2.54. The van der Waals surface area contributed by atoms with Crippen LogP contribution < -0.4 is 20.3 Å². The highest BCUT2D eigenvalue weighted by atomic mass is 31.2. The number of benzene rings is 1. The summed E-state index contributed by atoms with van der Waals surface area (Å²) in [5.41, 5.74) is 2.00. The maximum Gasteiger partial charge on any atom is 0.407 e. The van der Waals surface area contributed by atoms with E-state index in [1.54, 1.807) is 26.0 Å². The van der Waals surface area contributed by atoms with Crippen molar-refractivity contribution in [2.75, 3.05) is 53.7 Å². The van der Waals surface area contributed by atoms with Crippen molar-refractivity contribution in [3.8, 4) is 5.75 Å². The first-order valence-corrected chi connectivity index (χ1v) is 11.6. The first-order chi connectivity index (χ1) is 16.1. The number of carbonyl (C=O) groups excluding carboxylic acids is 3. The first kappa shape index (κ1) is 29.5. The molecule has 2 amide bonds. The number of esters is 1. The molecule has 1 unspecified atom stereocenters. The van der Waals surface area contributed by atoms with Gasteiger partial charge in [-0.3, -0.25) is 9.36 Å². The molecule has 1 aromatic rings. The molecule has 0 aromatic heterocycles. The average molecular weight is 505 g/mol. The minimum absolute atomic E-state index is 0.00197. The Bertz CT molecular complexity index is 855. The van der Waals surface area contributed by atoms with Crippen LogP contribution in [-0.4, -0.2) is 71.7 Å². The topological polar surface area (TPSA) is 171 Å². The molecule has 0 fully saturated rings. The lowest BCUT2D eigenvalue weighted by atomic mass is 10.1. The van der Waals surface area contributed by atoms with Gasteiger partial charge in [0.15, 0.2) is 0 Å². The number of rotatable bonds is 15. The van der Waals surface area contributed by atoms with Crippen LogP contribution in [0, 0.1) is 13.8 Å². The van der Waals surface area contributed by atoms with Crippen LogP contribution >= 0.6 is 7.82 Å². The predicted molar refractivity (Wildman–Crippen MR) is 116 cm³/mol. The predicted octanol–water partition coefficient (Wildman–Crippen LogP) is 0.346. The van der Waals surface area contributed by atoms with Gasteiger partial charge in [-0.05, 0) is 42.7 Å². The SMILES string of the molecule is CNC(=O)COCC(=O)Oc1c(C)cc(COC(=O)NCCOCCOP(=O)([O-])OC)cc1C. The Morgan fingerprint density at radius 3 is 2.32 bits per heavy atom. The number of ether oxygens (including phenoxy) is 4. The number of amides is 2. The van der Waals surface area contributed by atoms with Crippen LogP contribution in [0.4, 0.5) is 4.79 Å². The lowest BCUT2D eigenvalue weighted by Gasteiger charge is -2.19. The maximum atomic E-state index is 11.9.